The van der Waals surface area contributed by atoms with E-state index in [9.17, 15) is 9.59 Å². The van der Waals surface area contributed by atoms with E-state index in [1.54, 1.807) is 6.07 Å². The number of unbranched alkanes of at least 4 members (excludes halogenated alkanes) is 2. The van der Waals surface area contributed by atoms with Gasteiger partial charge < -0.3 is 4.90 Å². The Kier molecular flexibility index (Phi) is 5.32. The standard InChI is InChI=1S/C18H23NO2/c1-3-5-11-19(12-6-4-2)16-13-17(20)18(21)15-10-8-7-9-14(15)16/h7-10,13H,3-6,11-12H2,1-2H3. The zero-order valence-corrected chi connectivity index (χ0v) is 12.9. The number of carbonyl (C=O) groups excluding carboxylic acids is 2. The molecule has 0 saturated carbocycles. The minimum absolute atomic E-state index is 0.389. The molecular weight excluding hydrogens is 262 g/mol. The summed E-state index contributed by atoms with van der Waals surface area (Å²) in [7, 11) is 0. The van der Waals surface area contributed by atoms with Crippen molar-refractivity contribution in [3.8, 4) is 0 Å². The van der Waals surface area contributed by atoms with Crippen LogP contribution in [-0.4, -0.2) is 29.6 Å². The van der Waals surface area contributed by atoms with Gasteiger partial charge in [-0.3, -0.25) is 9.59 Å². The third-order valence-corrected chi connectivity index (χ3v) is 3.84. The number of fused-ring (bicyclic) bond motifs is 1. The zero-order valence-electron chi connectivity index (χ0n) is 12.9. The highest BCUT2D eigenvalue weighted by Crippen LogP contribution is 2.28. The Balaban J connectivity index is 2.36. The van der Waals surface area contributed by atoms with E-state index in [0.29, 0.717) is 5.56 Å². The molecule has 1 aliphatic rings. The molecule has 0 amide bonds. The summed E-state index contributed by atoms with van der Waals surface area (Å²) >= 11 is 0. The number of hydrogen-bond donors (Lipinski definition) is 0. The van der Waals surface area contributed by atoms with Crippen LogP contribution in [0, 0.1) is 0 Å². The van der Waals surface area contributed by atoms with Crippen molar-refractivity contribution in [2.75, 3.05) is 13.1 Å². The fourth-order valence-electron chi connectivity index (χ4n) is 2.62. The van der Waals surface area contributed by atoms with E-state index in [1.165, 1.54) is 6.08 Å². The van der Waals surface area contributed by atoms with Crippen LogP contribution in [0.2, 0.25) is 0 Å². The number of nitrogens with zero attached hydrogens (tertiary/aromatic N) is 1. The predicted molar refractivity (Wildman–Crippen MR) is 85.1 cm³/mol. The lowest BCUT2D eigenvalue weighted by molar-refractivity contribution is -0.111. The molecule has 1 aromatic carbocycles. The predicted octanol–water partition coefficient (Wildman–Crippen LogP) is 3.70. The summed E-state index contributed by atoms with van der Waals surface area (Å²) in [4.78, 5) is 26.2. The van der Waals surface area contributed by atoms with Crippen molar-refractivity contribution in [3.63, 3.8) is 0 Å². The molecule has 0 aliphatic heterocycles. The molecule has 0 aromatic heterocycles. The van der Waals surface area contributed by atoms with Crippen molar-refractivity contribution in [1.29, 1.82) is 0 Å². The Morgan fingerprint density at radius 1 is 0.905 bits per heavy atom. The van der Waals surface area contributed by atoms with Crippen LogP contribution in [0.3, 0.4) is 0 Å². The summed E-state index contributed by atoms with van der Waals surface area (Å²) in [6, 6.07) is 7.43. The van der Waals surface area contributed by atoms with Crippen LogP contribution in [0.5, 0.6) is 0 Å². The fourth-order valence-corrected chi connectivity index (χ4v) is 2.62. The number of hydrogen-bond acceptors (Lipinski definition) is 3. The smallest absolute Gasteiger partial charge is 0.233 e. The van der Waals surface area contributed by atoms with Gasteiger partial charge in [0.15, 0.2) is 0 Å². The second-order valence-electron chi connectivity index (χ2n) is 5.46. The first-order chi connectivity index (χ1) is 10.2. The monoisotopic (exact) mass is 285 g/mol. The molecule has 2 rings (SSSR count). The summed E-state index contributed by atoms with van der Waals surface area (Å²) in [6.07, 6.45) is 5.93. The Labute approximate surface area is 126 Å². The second-order valence-corrected chi connectivity index (χ2v) is 5.46. The number of rotatable bonds is 7. The van der Waals surface area contributed by atoms with Crippen molar-refractivity contribution in [3.05, 3.63) is 41.5 Å². The van der Waals surface area contributed by atoms with Crippen molar-refractivity contribution >= 4 is 17.3 Å². The van der Waals surface area contributed by atoms with Crippen LogP contribution < -0.4 is 0 Å². The van der Waals surface area contributed by atoms with Gasteiger partial charge in [0.25, 0.3) is 0 Å². The number of Topliss-reactive ketones (excluding diaryl/α,β-unsaturated/α-hetero) is 1. The van der Waals surface area contributed by atoms with Gasteiger partial charge in [0.1, 0.15) is 0 Å². The van der Waals surface area contributed by atoms with E-state index in [2.05, 4.69) is 18.7 Å². The van der Waals surface area contributed by atoms with Crippen LogP contribution in [-0.2, 0) is 4.79 Å². The Morgan fingerprint density at radius 3 is 2.05 bits per heavy atom. The van der Waals surface area contributed by atoms with Crippen LogP contribution in [0.25, 0.3) is 5.70 Å². The van der Waals surface area contributed by atoms with Crippen molar-refractivity contribution < 1.29 is 9.59 Å². The molecule has 0 spiro atoms. The molecule has 0 heterocycles. The minimum atomic E-state index is -0.401. The number of benzene rings is 1. The molecule has 1 aliphatic carbocycles. The Morgan fingerprint density at radius 2 is 1.48 bits per heavy atom. The summed E-state index contributed by atoms with van der Waals surface area (Å²) < 4.78 is 0. The molecule has 3 nitrogen and oxygen atoms in total. The summed E-state index contributed by atoms with van der Waals surface area (Å²) in [5.74, 6) is -0.790. The van der Waals surface area contributed by atoms with Gasteiger partial charge in [-0.05, 0) is 12.8 Å². The van der Waals surface area contributed by atoms with E-state index in [4.69, 9.17) is 0 Å². The summed E-state index contributed by atoms with van der Waals surface area (Å²) in [5.41, 5.74) is 2.35. The minimum Gasteiger partial charge on any atom is -0.371 e. The molecule has 3 heteroatoms. The maximum Gasteiger partial charge on any atom is 0.233 e. The second kappa shape index (κ2) is 7.21. The highest BCUT2D eigenvalue weighted by atomic mass is 16.2. The van der Waals surface area contributed by atoms with Gasteiger partial charge in [0.2, 0.25) is 11.6 Å². The van der Waals surface area contributed by atoms with Gasteiger partial charge in [-0.2, -0.15) is 0 Å². The quantitative estimate of drug-likeness (QED) is 0.717. The van der Waals surface area contributed by atoms with Gasteiger partial charge in [-0.1, -0.05) is 51.0 Å². The van der Waals surface area contributed by atoms with Crippen LogP contribution in [0.4, 0.5) is 0 Å². The largest absolute Gasteiger partial charge is 0.371 e. The summed E-state index contributed by atoms with van der Waals surface area (Å²) in [5, 5.41) is 0. The van der Waals surface area contributed by atoms with Gasteiger partial charge >= 0.3 is 0 Å². The van der Waals surface area contributed by atoms with E-state index < -0.39 is 5.78 Å². The molecule has 0 saturated heterocycles. The molecule has 0 atom stereocenters. The van der Waals surface area contributed by atoms with Gasteiger partial charge in [0, 0.05) is 36.0 Å². The number of carbonyl (C=O) groups is 2. The van der Waals surface area contributed by atoms with E-state index >= 15 is 0 Å². The first-order valence-corrected chi connectivity index (χ1v) is 7.83. The highest BCUT2D eigenvalue weighted by Gasteiger charge is 2.27. The first-order valence-electron chi connectivity index (χ1n) is 7.83. The zero-order chi connectivity index (χ0) is 15.2. The van der Waals surface area contributed by atoms with Crippen molar-refractivity contribution in [2.24, 2.45) is 0 Å². The normalized spacial score (nSPS) is 13.9. The van der Waals surface area contributed by atoms with E-state index in [0.717, 1.165) is 50.0 Å². The molecule has 1 aromatic rings. The lowest BCUT2D eigenvalue weighted by atomic mass is 9.92. The number of ketones is 2. The molecular formula is C18H23NO2. The fraction of sp³-hybridized carbons (Fsp3) is 0.444. The molecule has 0 N–H and O–H groups in total. The van der Waals surface area contributed by atoms with Gasteiger partial charge in [-0.25, -0.2) is 0 Å². The van der Waals surface area contributed by atoms with Crippen molar-refractivity contribution in [2.45, 2.75) is 39.5 Å². The lowest BCUT2D eigenvalue weighted by Gasteiger charge is -2.30. The molecule has 21 heavy (non-hydrogen) atoms. The SMILES string of the molecule is CCCCN(CCCC)C1=CC(=O)C(=O)c2ccccc21. The maximum absolute atomic E-state index is 12.0. The summed E-state index contributed by atoms with van der Waals surface area (Å²) in [6.45, 7) is 6.18. The molecule has 112 valence electrons. The third-order valence-electron chi connectivity index (χ3n) is 3.84. The molecule has 0 radical (unpaired) electrons. The first kappa shape index (κ1) is 15.5. The van der Waals surface area contributed by atoms with Crippen LogP contribution in [0.15, 0.2) is 30.3 Å². The highest BCUT2D eigenvalue weighted by molar-refractivity contribution is 6.50. The lowest BCUT2D eigenvalue weighted by Crippen LogP contribution is -2.30. The number of allylic oxidation sites excluding steroid dienone is 1. The molecule has 0 fully saturated rings. The van der Waals surface area contributed by atoms with Crippen molar-refractivity contribution in [1.82, 2.24) is 4.90 Å². The van der Waals surface area contributed by atoms with E-state index in [1.807, 2.05) is 18.2 Å². The molecule has 0 bridgehead atoms. The average molecular weight is 285 g/mol. The average Bonchev–Trinajstić information content (AvgIpc) is 2.51. The third kappa shape index (κ3) is 3.41. The van der Waals surface area contributed by atoms with Crippen LogP contribution >= 0.6 is 0 Å². The Bertz CT molecular complexity index is 552. The maximum atomic E-state index is 12.0. The van der Waals surface area contributed by atoms with Crippen LogP contribution in [0.1, 0.15) is 55.5 Å². The Hall–Kier alpha value is -1.90. The van der Waals surface area contributed by atoms with E-state index in [-0.39, 0.29) is 5.78 Å². The van der Waals surface area contributed by atoms with Gasteiger partial charge in [-0.15, -0.1) is 0 Å². The van der Waals surface area contributed by atoms with Gasteiger partial charge in [0.05, 0.1) is 0 Å². The molecule has 0 unspecified atom stereocenters. The topological polar surface area (TPSA) is 37.4 Å².